The Morgan fingerprint density at radius 2 is 2.00 bits per heavy atom. The number of rotatable bonds is 6. The molecule has 0 saturated heterocycles. The molecule has 4 nitrogen and oxygen atoms in total. The van der Waals surface area contributed by atoms with Crippen molar-refractivity contribution in [3.05, 3.63) is 53.6 Å². The quantitative estimate of drug-likeness (QED) is 0.713. The third-order valence-electron chi connectivity index (χ3n) is 4.48. The van der Waals surface area contributed by atoms with Crippen LogP contribution in [0.2, 0.25) is 5.02 Å². The van der Waals surface area contributed by atoms with Gasteiger partial charge in [-0.1, -0.05) is 41.9 Å². The number of aryl methyl sites for hydroxylation is 1. The Hall–Kier alpha value is -2.33. The molecule has 4 rings (SSSR count). The molecule has 0 atom stereocenters. The number of carbonyl (C=O) groups is 1. The lowest BCUT2D eigenvalue weighted by Crippen LogP contribution is -2.25. The molecule has 1 fully saturated rings. The molecule has 0 spiro atoms. The van der Waals surface area contributed by atoms with Crippen molar-refractivity contribution in [2.24, 2.45) is 0 Å². The smallest absolute Gasteiger partial charge is 0.220 e. The summed E-state index contributed by atoms with van der Waals surface area (Å²) >= 11 is 6.20. The first kappa shape index (κ1) is 16.2. The summed E-state index contributed by atoms with van der Waals surface area (Å²) in [5.41, 5.74) is 3.05. The standard InChI is InChI=1S/C20H20ClN3O/c21-15-8-11-18-17(13-15)20(14-5-2-1-3-6-14)23-24(18)12-4-7-19(25)22-16-9-10-16/h1-3,5-6,8,11,13,16H,4,7,9-10,12H2,(H,22,25). The first-order chi connectivity index (χ1) is 12.2. The Bertz CT molecular complexity index is 900. The summed E-state index contributed by atoms with van der Waals surface area (Å²) in [5.74, 6) is 0.144. The summed E-state index contributed by atoms with van der Waals surface area (Å²) < 4.78 is 1.98. The Labute approximate surface area is 151 Å². The molecular weight excluding hydrogens is 334 g/mol. The number of nitrogens with zero attached hydrogens (tertiary/aromatic N) is 2. The highest BCUT2D eigenvalue weighted by atomic mass is 35.5. The van der Waals surface area contributed by atoms with Gasteiger partial charge in [0.1, 0.15) is 5.69 Å². The minimum absolute atomic E-state index is 0.144. The van der Waals surface area contributed by atoms with Crippen molar-refractivity contribution in [3.8, 4) is 11.3 Å². The minimum atomic E-state index is 0.144. The zero-order valence-corrected chi connectivity index (χ0v) is 14.7. The SMILES string of the molecule is O=C(CCCn1nc(-c2ccccc2)c2cc(Cl)ccc21)NC1CC1. The van der Waals surface area contributed by atoms with E-state index in [0.717, 1.165) is 41.4 Å². The van der Waals surface area contributed by atoms with Gasteiger partial charge >= 0.3 is 0 Å². The van der Waals surface area contributed by atoms with Crippen molar-refractivity contribution in [1.29, 1.82) is 0 Å². The Kier molecular flexibility index (Phi) is 4.45. The van der Waals surface area contributed by atoms with Crippen LogP contribution in [0.4, 0.5) is 0 Å². The van der Waals surface area contributed by atoms with Crippen molar-refractivity contribution in [3.63, 3.8) is 0 Å². The third kappa shape index (κ3) is 3.69. The number of benzene rings is 2. The maximum absolute atomic E-state index is 11.9. The minimum Gasteiger partial charge on any atom is -0.353 e. The molecule has 1 aliphatic rings. The van der Waals surface area contributed by atoms with Gasteiger partial charge in [0.15, 0.2) is 0 Å². The maximum atomic E-state index is 11.9. The van der Waals surface area contributed by atoms with E-state index in [1.165, 1.54) is 0 Å². The molecule has 5 heteroatoms. The molecule has 128 valence electrons. The monoisotopic (exact) mass is 353 g/mol. The normalized spacial score (nSPS) is 14.0. The predicted octanol–water partition coefficient (Wildman–Crippen LogP) is 4.42. The topological polar surface area (TPSA) is 46.9 Å². The van der Waals surface area contributed by atoms with Crippen molar-refractivity contribution in [2.75, 3.05) is 0 Å². The van der Waals surface area contributed by atoms with Gasteiger partial charge in [-0.3, -0.25) is 9.48 Å². The average molecular weight is 354 g/mol. The number of nitrogens with one attached hydrogen (secondary N) is 1. The van der Waals surface area contributed by atoms with E-state index in [4.69, 9.17) is 16.7 Å². The second-order valence-corrected chi connectivity index (χ2v) is 6.98. The van der Waals surface area contributed by atoms with E-state index in [2.05, 4.69) is 17.4 Å². The summed E-state index contributed by atoms with van der Waals surface area (Å²) in [5, 5.41) is 9.57. The second-order valence-electron chi connectivity index (χ2n) is 6.54. The highest BCUT2D eigenvalue weighted by Gasteiger charge is 2.22. The molecule has 0 radical (unpaired) electrons. The van der Waals surface area contributed by atoms with Crippen LogP contribution in [-0.4, -0.2) is 21.7 Å². The van der Waals surface area contributed by atoms with Crippen LogP contribution in [0, 0.1) is 0 Å². The van der Waals surface area contributed by atoms with Crippen molar-refractivity contribution < 1.29 is 4.79 Å². The van der Waals surface area contributed by atoms with Crippen LogP contribution in [0.25, 0.3) is 22.2 Å². The van der Waals surface area contributed by atoms with Crippen LogP contribution in [0.5, 0.6) is 0 Å². The molecule has 0 unspecified atom stereocenters. The molecular formula is C20H20ClN3O. The zero-order valence-electron chi connectivity index (χ0n) is 13.9. The molecule has 1 N–H and O–H groups in total. The van der Waals surface area contributed by atoms with Crippen molar-refractivity contribution >= 4 is 28.4 Å². The fourth-order valence-electron chi connectivity index (χ4n) is 3.05. The maximum Gasteiger partial charge on any atom is 0.220 e. The average Bonchev–Trinajstić information content (AvgIpc) is 3.36. The van der Waals surface area contributed by atoms with Crippen LogP contribution in [-0.2, 0) is 11.3 Å². The molecule has 3 aromatic rings. The van der Waals surface area contributed by atoms with Crippen LogP contribution in [0.1, 0.15) is 25.7 Å². The van der Waals surface area contributed by atoms with Crippen molar-refractivity contribution in [1.82, 2.24) is 15.1 Å². The molecule has 1 aromatic heterocycles. The van der Waals surface area contributed by atoms with E-state index in [1.807, 2.05) is 41.1 Å². The van der Waals surface area contributed by atoms with Gasteiger partial charge in [-0.2, -0.15) is 5.10 Å². The lowest BCUT2D eigenvalue weighted by atomic mass is 10.1. The third-order valence-corrected chi connectivity index (χ3v) is 4.71. The lowest BCUT2D eigenvalue weighted by Gasteiger charge is -2.05. The van der Waals surface area contributed by atoms with Gasteiger partial charge in [0.25, 0.3) is 0 Å². The number of carbonyl (C=O) groups excluding carboxylic acids is 1. The van der Waals surface area contributed by atoms with Gasteiger partial charge in [-0.05, 0) is 37.5 Å². The van der Waals surface area contributed by atoms with Gasteiger partial charge < -0.3 is 5.32 Å². The molecule has 1 amide bonds. The van der Waals surface area contributed by atoms with Gasteiger partial charge in [0.05, 0.1) is 5.52 Å². The highest BCUT2D eigenvalue weighted by molar-refractivity contribution is 6.31. The fourth-order valence-corrected chi connectivity index (χ4v) is 3.22. The molecule has 1 aliphatic carbocycles. The van der Waals surface area contributed by atoms with E-state index in [1.54, 1.807) is 0 Å². The zero-order chi connectivity index (χ0) is 17.2. The van der Waals surface area contributed by atoms with Crippen LogP contribution in [0.3, 0.4) is 0 Å². The fraction of sp³-hybridized carbons (Fsp3) is 0.300. The van der Waals surface area contributed by atoms with E-state index < -0.39 is 0 Å². The lowest BCUT2D eigenvalue weighted by molar-refractivity contribution is -0.121. The molecule has 0 aliphatic heterocycles. The van der Waals surface area contributed by atoms with Gasteiger partial charge in [0, 0.05) is 35.0 Å². The number of aromatic nitrogens is 2. The summed E-state index contributed by atoms with van der Waals surface area (Å²) in [6.07, 6.45) is 3.55. The van der Waals surface area contributed by atoms with Gasteiger partial charge in [-0.15, -0.1) is 0 Å². The van der Waals surface area contributed by atoms with Gasteiger partial charge in [0.2, 0.25) is 5.91 Å². The predicted molar refractivity (Wildman–Crippen MR) is 101 cm³/mol. The first-order valence-corrected chi connectivity index (χ1v) is 9.09. The summed E-state index contributed by atoms with van der Waals surface area (Å²) in [4.78, 5) is 11.9. The summed E-state index contributed by atoms with van der Waals surface area (Å²) in [6.45, 7) is 0.711. The number of amides is 1. The van der Waals surface area contributed by atoms with E-state index >= 15 is 0 Å². The summed E-state index contributed by atoms with van der Waals surface area (Å²) in [7, 11) is 0. The Balaban J connectivity index is 1.57. The molecule has 25 heavy (non-hydrogen) atoms. The van der Waals surface area contributed by atoms with Crippen LogP contribution < -0.4 is 5.32 Å². The van der Waals surface area contributed by atoms with Gasteiger partial charge in [-0.25, -0.2) is 0 Å². The number of halogens is 1. The summed E-state index contributed by atoms with van der Waals surface area (Å²) in [6, 6.07) is 16.4. The number of fused-ring (bicyclic) bond motifs is 1. The number of hydrogen-bond donors (Lipinski definition) is 1. The molecule has 2 aromatic carbocycles. The Morgan fingerprint density at radius 3 is 2.76 bits per heavy atom. The molecule has 1 saturated carbocycles. The highest BCUT2D eigenvalue weighted by Crippen LogP contribution is 2.30. The first-order valence-electron chi connectivity index (χ1n) is 8.71. The van der Waals surface area contributed by atoms with Crippen molar-refractivity contribution in [2.45, 2.75) is 38.3 Å². The van der Waals surface area contributed by atoms with Crippen LogP contribution >= 0.6 is 11.6 Å². The van der Waals surface area contributed by atoms with E-state index in [0.29, 0.717) is 24.0 Å². The Morgan fingerprint density at radius 1 is 1.20 bits per heavy atom. The number of hydrogen-bond acceptors (Lipinski definition) is 2. The van der Waals surface area contributed by atoms with E-state index in [9.17, 15) is 4.79 Å². The largest absolute Gasteiger partial charge is 0.353 e. The molecule has 1 heterocycles. The van der Waals surface area contributed by atoms with E-state index in [-0.39, 0.29) is 5.91 Å². The second kappa shape index (κ2) is 6.89. The molecule has 0 bridgehead atoms. The van der Waals surface area contributed by atoms with Crippen LogP contribution in [0.15, 0.2) is 48.5 Å².